The molecule has 2 rings (SSSR count). The van der Waals surface area contributed by atoms with E-state index in [0.29, 0.717) is 11.0 Å². The van der Waals surface area contributed by atoms with Gasteiger partial charge in [0.05, 0.1) is 0 Å². The van der Waals surface area contributed by atoms with Gasteiger partial charge in [-0.05, 0) is 57.8 Å². The van der Waals surface area contributed by atoms with Crippen LogP contribution in [0, 0.1) is 17.3 Å². The van der Waals surface area contributed by atoms with E-state index in [9.17, 15) is 0 Å². The first-order valence-corrected chi connectivity index (χ1v) is 6.96. The molecule has 1 heterocycles. The van der Waals surface area contributed by atoms with Gasteiger partial charge in [0, 0.05) is 17.6 Å². The van der Waals surface area contributed by atoms with Crippen LogP contribution in [0.2, 0.25) is 0 Å². The summed E-state index contributed by atoms with van der Waals surface area (Å²) in [5, 5.41) is 0. The molecule has 1 saturated heterocycles. The largest absolute Gasteiger partial charge is 0.292 e. The molecule has 0 aromatic carbocycles. The van der Waals surface area contributed by atoms with Crippen molar-refractivity contribution in [3.63, 3.8) is 0 Å². The quantitative estimate of drug-likeness (QED) is 0.685. The molecule has 2 aliphatic rings. The molecule has 0 amide bonds. The maximum Gasteiger partial charge on any atom is 0.0167 e. The third kappa shape index (κ3) is 1.72. The van der Waals surface area contributed by atoms with Gasteiger partial charge in [-0.15, -0.1) is 0 Å². The van der Waals surface area contributed by atoms with Gasteiger partial charge in [0.1, 0.15) is 0 Å². The fourth-order valence-corrected chi connectivity index (χ4v) is 4.25. The van der Waals surface area contributed by atoms with Crippen LogP contribution in [0.1, 0.15) is 61.3 Å². The summed E-state index contributed by atoms with van der Waals surface area (Å²) in [6, 6.07) is 1.64. The molecule has 0 N–H and O–H groups in total. The molecule has 94 valence electrons. The summed E-state index contributed by atoms with van der Waals surface area (Å²) >= 11 is 0. The molecule has 2 fully saturated rings. The first-order chi connectivity index (χ1) is 7.18. The molecule has 3 unspecified atom stereocenters. The second kappa shape index (κ2) is 3.48. The van der Waals surface area contributed by atoms with Gasteiger partial charge >= 0.3 is 0 Å². The lowest BCUT2D eigenvalue weighted by atomic mass is 9.81. The van der Waals surface area contributed by atoms with E-state index >= 15 is 0 Å². The van der Waals surface area contributed by atoms with Gasteiger partial charge in [-0.2, -0.15) is 0 Å². The first kappa shape index (κ1) is 12.4. The second-order valence-corrected chi connectivity index (χ2v) is 7.78. The normalized spacial score (nSPS) is 43.9. The number of piperidine rings is 1. The highest BCUT2D eigenvalue weighted by Gasteiger charge is 2.67. The van der Waals surface area contributed by atoms with E-state index in [4.69, 9.17) is 0 Å². The number of rotatable bonds is 2. The number of fused-ring (bicyclic) bond motifs is 1. The number of likely N-dealkylation sites (tertiary alicyclic amines) is 1. The summed E-state index contributed by atoms with van der Waals surface area (Å²) in [5.74, 6) is 1.75. The minimum atomic E-state index is 0.341. The maximum absolute atomic E-state index is 2.79. The molecular formula is C15H29N. The maximum atomic E-state index is 2.79. The number of nitrogens with zero attached hydrogens (tertiary/aromatic N) is 1. The zero-order valence-corrected chi connectivity index (χ0v) is 12.2. The van der Waals surface area contributed by atoms with E-state index in [-0.39, 0.29) is 0 Å². The zero-order valence-electron chi connectivity index (χ0n) is 12.2. The van der Waals surface area contributed by atoms with Gasteiger partial charge in [0.15, 0.2) is 0 Å². The fraction of sp³-hybridized carbons (Fsp3) is 1.00. The molecule has 1 aliphatic heterocycles. The summed E-state index contributed by atoms with van der Waals surface area (Å²) in [6.07, 6.45) is 2.84. The van der Waals surface area contributed by atoms with Crippen molar-refractivity contribution in [2.75, 3.05) is 0 Å². The Morgan fingerprint density at radius 1 is 1.31 bits per heavy atom. The Kier molecular flexibility index (Phi) is 2.70. The third-order valence-corrected chi connectivity index (χ3v) is 4.94. The summed E-state index contributed by atoms with van der Waals surface area (Å²) in [5.41, 5.74) is 0.977. The predicted octanol–water partition coefficient (Wildman–Crippen LogP) is 3.93. The SMILES string of the molecule is CC(C)CC1[C@@H](C)N(C(C)(C)C)C2CC12C. The molecule has 1 aliphatic carbocycles. The van der Waals surface area contributed by atoms with Gasteiger partial charge in [-0.25, -0.2) is 0 Å². The standard InChI is InChI=1S/C15H29N/c1-10(2)8-12-11(3)16(14(4,5)6)13-9-15(12,13)7/h10-13H,8-9H2,1-7H3/t11-,12?,13?,15?/m1/s1. The van der Waals surface area contributed by atoms with Crippen LogP contribution >= 0.6 is 0 Å². The Balaban J connectivity index is 2.18. The van der Waals surface area contributed by atoms with Crippen LogP contribution < -0.4 is 0 Å². The smallest absolute Gasteiger partial charge is 0.0167 e. The lowest BCUT2D eigenvalue weighted by Crippen LogP contribution is -2.47. The third-order valence-electron chi connectivity index (χ3n) is 4.94. The summed E-state index contributed by atoms with van der Waals surface area (Å²) in [6.45, 7) is 16.8. The van der Waals surface area contributed by atoms with Crippen molar-refractivity contribution in [3.05, 3.63) is 0 Å². The van der Waals surface area contributed by atoms with Crippen LogP contribution in [0.4, 0.5) is 0 Å². The van der Waals surface area contributed by atoms with Crippen molar-refractivity contribution in [2.45, 2.75) is 78.9 Å². The highest BCUT2D eigenvalue weighted by atomic mass is 15.3. The van der Waals surface area contributed by atoms with E-state index in [2.05, 4.69) is 53.4 Å². The van der Waals surface area contributed by atoms with Crippen molar-refractivity contribution < 1.29 is 0 Å². The fourth-order valence-electron chi connectivity index (χ4n) is 4.25. The van der Waals surface area contributed by atoms with Gasteiger partial charge in [-0.3, -0.25) is 4.90 Å². The predicted molar refractivity (Wildman–Crippen MR) is 70.5 cm³/mol. The Bertz CT molecular complexity index is 276. The van der Waals surface area contributed by atoms with Gasteiger partial charge in [0.2, 0.25) is 0 Å². The Labute approximate surface area is 102 Å². The van der Waals surface area contributed by atoms with Crippen LogP contribution in [0.15, 0.2) is 0 Å². The first-order valence-electron chi connectivity index (χ1n) is 6.96. The molecule has 4 atom stereocenters. The minimum absolute atomic E-state index is 0.341. The van der Waals surface area contributed by atoms with Crippen molar-refractivity contribution >= 4 is 0 Å². The van der Waals surface area contributed by atoms with E-state index in [0.717, 1.165) is 23.9 Å². The zero-order chi connectivity index (χ0) is 12.3. The average molecular weight is 223 g/mol. The molecule has 0 aromatic heterocycles. The van der Waals surface area contributed by atoms with Gasteiger partial charge in [0.25, 0.3) is 0 Å². The molecule has 0 bridgehead atoms. The van der Waals surface area contributed by atoms with Crippen LogP contribution in [0.25, 0.3) is 0 Å². The monoisotopic (exact) mass is 223 g/mol. The van der Waals surface area contributed by atoms with Crippen LogP contribution in [0.5, 0.6) is 0 Å². The molecule has 0 spiro atoms. The van der Waals surface area contributed by atoms with Crippen molar-refractivity contribution in [1.82, 2.24) is 4.90 Å². The molecule has 1 nitrogen and oxygen atoms in total. The Morgan fingerprint density at radius 2 is 1.88 bits per heavy atom. The van der Waals surface area contributed by atoms with Crippen molar-refractivity contribution in [3.8, 4) is 0 Å². The molecule has 0 aromatic rings. The van der Waals surface area contributed by atoms with Crippen molar-refractivity contribution in [2.24, 2.45) is 17.3 Å². The van der Waals surface area contributed by atoms with E-state index < -0.39 is 0 Å². The topological polar surface area (TPSA) is 3.24 Å². The molecule has 0 radical (unpaired) electrons. The van der Waals surface area contributed by atoms with E-state index in [1.807, 2.05) is 0 Å². The number of hydrogen-bond donors (Lipinski definition) is 0. The second-order valence-electron chi connectivity index (χ2n) is 7.78. The molecule has 16 heavy (non-hydrogen) atoms. The van der Waals surface area contributed by atoms with Gasteiger partial charge < -0.3 is 0 Å². The van der Waals surface area contributed by atoms with Gasteiger partial charge in [-0.1, -0.05) is 20.8 Å². The Hall–Kier alpha value is -0.0400. The lowest BCUT2D eigenvalue weighted by Gasteiger charge is -2.40. The Morgan fingerprint density at radius 3 is 2.25 bits per heavy atom. The van der Waals surface area contributed by atoms with Crippen LogP contribution in [-0.4, -0.2) is 22.5 Å². The van der Waals surface area contributed by atoms with Crippen LogP contribution in [0.3, 0.4) is 0 Å². The van der Waals surface area contributed by atoms with E-state index in [1.54, 1.807) is 0 Å². The lowest BCUT2D eigenvalue weighted by molar-refractivity contribution is 0.0818. The summed E-state index contributed by atoms with van der Waals surface area (Å²) < 4.78 is 0. The highest BCUT2D eigenvalue weighted by Crippen LogP contribution is 2.65. The average Bonchev–Trinajstić information content (AvgIpc) is 2.66. The highest BCUT2D eigenvalue weighted by molar-refractivity contribution is 5.20. The van der Waals surface area contributed by atoms with Crippen molar-refractivity contribution in [1.29, 1.82) is 0 Å². The van der Waals surface area contributed by atoms with E-state index in [1.165, 1.54) is 12.8 Å². The minimum Gasteiger partial charge on any atom is -0.292 e. The molecular weight excluding hydrogens is 194 g/mol. The summed E-state index contributed by atoms with van der Waals surface area (Å²) in [4.78, 5) is 2.79. The summed E-state index contributed by atoms with van der Waals surface area (Å²) in [7, 11) is 0. The molecule has 1 heteroatoms. The molecule has 1 saturated carbocycles. The number of hydrogen-bond acceptors (Lipinski definition) is 1. The van der Waals surface area contributed by atoms with Crippen LogP contribution in [-0.2, 0) is 0 Å².